The number of nitrogens with one attached hydrogen (secondary N) is 1. The minimum absolute atomic E-state index is 0.471. The summed E-state index contributed by atoms with van der Waals surface area (Å²) in [6, 6.07) is 6.92. The molecule has 1 aromatic carbocycles. The molecule has 3 N–H and O–H groups in total. The lowest BCUT2D eigenvalue weighted by molar-refractivity contribution is 0.0784. The van der Waals surface area contributed by atoms with Gasteiger partial charge in [-0.1, -0.05) is 6.07 Å². The summed E-state index contributed by atoms with van der Waals surface area (Å²) in [4.78, 5) is 14.7. The Hall–Kier alpha value is -2.14. The quantitative estimate of drug-likeness (QED) is 0.760. The van der Waals surface area contributed by atoms with E-state index in [0.29, 0.717) is 16.8 Å². The van der Waals surface area contributed by atoms with Gasteiger partial charge >= 0.3 is 6.09 Å². The van der Waals surface area contributed by atoms with Crippen molar-refractivity contribution in [2.45, 2.75) is 19.4 Å². The number of rotatable bonds is 2. The molecule has 0 aliphatic carbocycles. The summed E-state index contributed by atoms with van der Waals surface area (Å²) in [7, 11) is 0. The van der Waals surface area contributed by atoms with Gasteiger partial charge in [0.25, 0.3) is 0 Å². The molecule has 0 radical (unpaired) electrons. The number of pyridine rings is 1. The molecule has 5 heteroatoms. The first-order valence-electron chi connectivity index (χ1n) is 5.49. The fourth-order valence-electron chi connectivity index (χ4n) is 1.66. The van der Waals surface area contributed by atoms with E-state index < -0.39 is 11.7 Å². The molecule has 0 aliphatic heterocycles. The third kappa shape index (κ3) is 2.57. The second-order valence-corrected chi connectivity index (χ2v) is 4.62. The van der Waals surface area contributed by atoms with Crippen LogP contribution in [0.5, 0.6) is 0 Å². The van der Waals surface area contributed by atoms with Gasteiger partial charge in [0.05, 0.1) is 11.1 Å². The van der Waals surface area contributed by atoms with E-state index in [1.165, 1.54) is 0 Å². The lowest BCUT2D eigenvalue weighted by atomic mass is 9.99. The maximum absolute atomic E-state index is 10.5. The molecule has 0 saturated carbocycles. The molecule has 0 fully saturated rings. The predicted molar refractivity (Wildman–Crippen MR) is 68.6 cm³/mol. The number of benzene rings is 1. The third-order valence-electron chi connectivity index (χ3n) is 2.64. The van der Waals surface area contributed by atoms with Crippen LogP contribution >= 0.6 is 0 Å². The Labute approximate surface area is 104 Å². The highest BCUT2D eigenvalue weighted by molar-refractivity contribution is 5.88. The molecular weight excluding hydrogens is 232 g/mol. The fraction of sp³-hybridized carbons (Fsp3) is 0.231. The van der Waals surface area contributed by atoms with Crippen LogP contribution in [-0.2, 0) is 5.60 Å². The first-order valence-corrected chi connectivity index (χ1v) is 5.49. The molecule has 0 unspecified atom stereocenters. The first kappa shape index (κ1) is 12.3. The standard InChI is InChI=1S/C13H14N2O3/c1-13(2,18)9-5-8-3-4-10(15-12(16)17)6-11(8)14-7-9/h3-7,15,18H,1-2H3,(H,16,17). The Morgan fingerprint density at radius 2 is 2.06 bits per heavy atom. The average Bonchev–Trinajstić information content (AvgIpc) is 2.26. The number of carboxylic acid groups (broad SMARTS) is 1. The number of aliphatic hydroxyl groups is 1. The van der Waals surface area contributed by atoms with Crippen LogP contribution in [-0.4, -0.2) is 21.3 Å². The van der Waals surface area contributed by atoms with Gasteiger partial charge < -0.3 is 10.2 Å². The van der Waals surface area contributed by atoms with E-state index in [2.05, 4.69) is 10.3 Å². The monoisotopic (exact) mass is 246 g/mol. The van der Waals surface area contributed by atoms with Crippen molar-refractivity contribution < 1.29 is 15.0 Å². The molecule has 1 heterocycles. The van der Waals surface area contributed by atoms with Gasteiger partial charge in [-0.3, -0.25) is 10.3 Å². The van der Waals surface area contributed by atoms with E-state index >= 15 is 0 Å². The van der Waals surface area contributed by atoms with Gasteiger partial charge in [0.2, 0.25) is 0 Å². The molecule has 2 aromatic rings. The highest BCUT2D eigenvalue weighted by Crippen LogP contribution is 2.24. The summed E-state index contributed by atoms with van der Waals surface area (Å²) < 4.78 is 0. The molecule has 0 spiro atoms. The number of amides is 1. The second kappa shape index (κ2) is 4.27. The summed E-state index contributed by atoms with van der Waals surface area (Å²) in [5.74, 6) is 0. The van der Waals surface area contributed by atoms with Crippen molar-refractivity contribution in [2.24, 2.45) is 0 Å². The van der Waals surface area contributed by atoms with Crippen molar-refractivity contribution in [2.75, 3.05) is 5.32 Å². The SMILES string of the molecule is CC(C)(O)c1cnc2cc(NC(=O)O)ccc2c1. The van der Waals surface area contributed by atoms with Crippen molar-refractivity contribution in [3.63, 3.8) is 0 Å². The smallest absolute Gasteiger partial charge is 0.409 e. The zero-order valence-corrected chi connectivity index (χ0v) is 10.1. The maximum Gasteiger partial charge on any atom is 0.409 e. The van der Waals surface area contributed by atoms with Gasteiger partial charge in [0.1, 0.15) is 0 Å². The van der Waals surface area contributed by atoms with Crippen LogP contribution in [0, 0.1) is 0 Å². The number of fused-ring (bicyclic) bond motifs is 1. The molecule has 94 valence electrons. The van der Waals surface area contributed by atoms with Gasteiger partial charge in [-0.2, -0.15) is 0 Å². The third-order valence-corrected chi connectivity index (χ3v) is 2.64. The van der Waals surface area contributed by atoms with Crippen LogP contribution in [0.2, 0.25) is 0 Å². The number of hydrogen-bond donors (Lipinski definition) is 3. The molecule has 18 heavy (non-hydrogen) atoms. The molecule has 0 saturated heterocycles. The molecule has 0 atom stereocenters. The first-order chi connectivity index (χ1) is 8.36. The summed E-state index contributed by atoms with van der Waals surface area (Å²) >= 11 is 0. The van der Waals surface area contributed by atoms with Gasteiger partial charge in [-0.05, 0) is 32.0 Å². The van der Waals surface area contributed by atoms with E-state index in [-0.39, 0.29) is 0 Å². The molecule has 0 bridgehead atoms. The van der Waals surface area contributed by atoms with Crippen LogP contribution in [0.4, 0.5) is 10.5 Å². The Morgan fingerprint density at radius 1 is 1.33 bits per heavy atom. The molecule has 1 aromatic heterocycles. The van der Waals surface area contributed by atoms with Crippen molar-refractivity contribution in [3.05, 3.63) is 36.0 Å². The summed E-state index contributed by atoms with van der Waals surface area (Å²) in [5, 5.41) is 21.6. The topological polar surface area (TPSA) is 82.5 Å². The minimum Gasteiger partial charge on any atom is -0.465 e. The zero-order chi connectivity index (χ0) is 13.3. The predicted octanol–water partition coefficient (Wildman–Crippen LogP) is 2.55. The second-order valence-electron chi connectivity index (χ2n) is 4.62. The highest BCUT2D eigenvalue weighted by Gasteiger charge is 2.16. The lowest BCUT2D eigenvalue weighted by Crippen LogP contribution is -2.15. The zero-order valence-electron chi connectivity index (χ0n) is 10.1. The van der Waals surface area contributed by atoms with Crippen LogP contribution in [0.15, 0.2) is 30.5 Å². The van der Waals surface area contributed by atoms with Gasteiger partial charge in [0, 0.05) is 22.8 Å². The number of aromatic nitrogens is 1. The van der Waals surface area contributed by atoms with Gasteiger partial charge in [0.15, 0.2) is 0 Å². The fourth-order valence-corrected chi connectivity index (χ4v) is 1.66. The Morgan fingerprint density at radius 3 is 2.67 bits per heavy atom. The largest absolute Gasteiger partial charge is 0.465 e. The Kier molecular flexibility index (Phi) is 2.92. The van der Waals surface area contributed by atoms with E-state index in [1.54, 1.807) is 38.2 Å². The molecular formula is C13H14N2O3. The van der Waals surface area contributed by atoms with Gasteiger partial charge in [-0.15, -0.1) is 0 Å². The molecule has 5 nitrogen and oxygen atoms in total. The Balaban J connectivity index is 2.45. The normalized spacial score (nSPS) is 11.5. The molecule has 0 aliphatic rings. The average molecular weight is 246 g/mol. The van der Waals surface area contributed by atoms with Crippen molar-refractivity contribution in [3.8, 4) is 0 Å². The van der Waals surface area contributed by atoms with Crippen molar-refractivity contribution >= 4 is 22.7 Å². The number of nitrogens with zero attached hydrogens (tertiary/aromatic N) is 1. The van der Waals surface area contributed by atoms with E-state index in [1.807, 2.05) is 6.07 Å². The van der Waals surface area contributed by atoms with Crippen LogP contribution in [0.3, 0.4) is 0 Å². The minimum atomic E-state index is -1.11. The van der Waals surface area contributed by atoms with Crippen LogP contribution in [0.1, 0.15) is 19.4 Å². The highest BCUT2D eigenvalue weighted by atomic mass is 16.4. The molecule has 1 amide bonds. The van der Waals surface area contributed by atoms with E-state index in [4.69, 9.17) is 5.11 Å². The number of anilines is 1. The lowest BCUT2D eigenvalue weighted by Gasteiger charge is -2.17. The van der Waals surface area contributed by atoms with Crippen LogP contribution in [0.25, 0.3) is 10.9 Å². The van der Waals surface area contributed by atoms with E-state index in [9.17, 15) is 9.90 Å². The van der Waals surface area contributed by atoms with E-state index in [0.717, 1.165) is 5.39 Å². The summed E-state index contributed by atoms with van der Waals surface area (Å²) in [6.45, 7) is 3.38. The Bertz CT molecular complexity index is 603. The maximum atomic E-state index is 10.5. The number of hydrogen-bond acceptors (Lipinski definition) is 3. The molecule has 2 rings (SSSR count). The van der Waals surface area contributed by atoms with Crippen molar-refractivity contribution in [1.82, 2.24) is 4.98 Å². The number of carbonyl (C=O) groups is 1. The summed E-state index contributed by atoms with van der Waals surface area (Å²) in [5.41, 5.74) is 0.917. The van der Waals surface area contributed by atoms with Crippen LogP contribution < -0.4 is 5.32 Å². The van der Waals surface area contributed by atoms with Gasteiger partial charge in [-0.25, -0.2) is 4.79 Å². The van der Waals surface area contributed by atoms with Crippen molar-refractivity contribution in [1.29, 1.82) is 0 Å². The summed E-state index contributed by atoms with van der Waals surface area (Å²) in [6.07, 6.45) is 0.481.